The zero-order chi connectivity index (χ0) is 7.68. The smallest absolute Gasteiger partial charge is 0.309 e. The van der Waals surface area contributed by atoms with Crippen LogP contribution in [0.1, 0.15) is 19.3 Å². The van der Waals surface area contributed by atoms with Crippen LogP contribution in [0.3, 0.4) is 0 Å². The highest BCUT2D eigenvalue weighted by Gasteiger charge is 2.33. The zero-order valence-electron chi connectivity index (χ0n) is 6.41. The van der Waals surface area contributed by atoms with E-state index in [2.05, 4.69) is 0 Å². The molecule has 2 fully saturated rings. The van der Waals surface area contributed by atoms with Gasteiger partial charge in [0.15, 0.2) is 0 Å². The fraction of sp³-hybridized carbons (Fsp3) is 0.875. The molecule has 0 radical (unpaired) electrons. The fourth-order valence-electron chi connectivity index (χ4n) is 1.19. The minimum Gasteiger partial charge on any atom is -0.461 e. The first-order valence-corrected chi connectivity index (χ1v) is 5.30. The Morgan fingerprint density at radius 2 is 2.18 bits per heavy atom. The zero-order valence-corrected chi connectivity index (χ0v) is 7.23. The molecule has 1 aliphatic carbocycles. The highest BCUT2D eigenvalue weighted by Crippen LogP contribution is 2.31. The first-order valence-electron chi connectivity index (χ1n) is 4.14. The van der Waals surface area contributed by atoms with E-state index in [9.17, 15) is 4.79 Å². The Kier molecular flexibility index (Phi) is 2.07. The van der Waals surface area contributed by atoms with Gasteiger partial charge in [-0.1, -0.05) is 0 Å². The van der Waals surface area contributed by atoms with E-state index in [1.807, 2.05) is 11.8 Å². The summed E-state index contributed by atoms with van der Waals surface area (Å²) in [6.45, 7) is 0. The van der Waals surface area contributed by atoms with Crippen molar-refractivity contribution in [3.05, 3.63) is 0 Å². The summed E-state index contributed by atoms with van der Waals surface area (Å²) in [7, 11) is 0. The van der Waals surface area contributed by atoms with Crippen molar-refractivity contribution in [1.29, 1.82) is 0 Å². The molecule has 3 heteroatoms. The van der Waals surface area contributed by atoms with Gasteiger partial charge in [0.2, 0.25) is 0 Å². The molecular formula is C8H12O2S. The van der Waals surface area contributed by atoms with Crippen molar-refractivity contribution in [1.82, 2.24) is 0 Å². The maximum absolute atomic E-state index is 11.1. The molecule has 0 aromatic heterocycles. The van der Waals surface area contributed by atoms with Gasteiger partial charge in [0, 0.05) is 5.75 Å². The fourth-order valence-corrected chi connectivity index (χ4v) is 2.28. The van der Waals surface area contributed by atoms with Crippen LogP contribution >= 0.6 is 11.8 Å². The first kappa shape index (κ1) is 7.47. The number of hydrogen-bond acceptors (Lipinski definition) is 3. The minimum absolute atomic E-state index is 0.0532. The van der Waals surface area contributed by atoms with Crippen molar-refractivity contribution in [2.75, 3.05) is 11.5 Å². The minimum atomic E-state index is 0.0532. The number of rotatable bonds is 2. The molecular weight excluding hydrogens is 160 g/mol. The maximum atomic E-state index is 11.1. The molecule has 1 aliphatic heterocycles. The molecule has 1 heterocycles. The molecule has 1 unspecified atom stereocenters. The molecule has 0 spiro atoms. The molecule has 0 N–H and O–H groups in total. The highest BCUT2D eigenvalue weighted by atomic mass is 32.2. The van der Waals surface area contributed by atoms with E-state index in [0.717, 1.165) is 30.8 Å². The first-order chi connectivity index (χ1) is 5.36. The van der Waals surface area contributed by atoms with Crippen LogP contribution in [0, 0.1) is 5.92 Å². The molecule has 2 rings (SSSR count). The monoisotopic (exact) mass is 172 g/mol. The lowest BCUT2D eigenvalue weighted by Crippen LogP contribution is -2.18. The number of thioether (sulfide) groups is 1. The Morgan fingerprint density at radius 3 is 2.73 bits per heavy atom. The Balaban J connectivity index is 1.74. The highest BCUT2D eigenvalue weighted by molar-refractivity contribution is 7.99. The number of hydrogen-bond donors (Lipinski definition) is 0. The molecule has 1 saturated carbocycles. The summed E-state index contributed by atoms with van der Waals surface area (Å²) in [4.78, 5) is 11.1. The second-order valence-electron chi connectivity index (χ2n) is 3.20. The average Bonchev–Trinajstić information content (AvgIpc) is 2.73. The summed E-state index contributed by atoms with van der Waals surface area (Å²) in [6, 6.07) is 0. The van der Waals surface area contributed by atoms with Gasteiger partial charge >= 0.3 is 5.97 Å². The second-order valence-corrected chi connectivity index (χ2v) is 4.35. The van der Waals surface area contributed by atoms with Crippen LogP contribution < -0.4 is 0 Å². The Bertz CT molecular complexity index is 159. The Labute approximate surface area is 70.7 Å². The maximum Gasteiger partial charge on any atom is 0.309 e. The molecule has 0 amide bonds. The molecule has 0 aromatic rings. The van der Waals surface area contributed by atoms with Crippen LogP contribution in [0.4, 0.5) is 0 Å². The largest absolute Gasteiger partial charge is 0.461 e. The lowest BCUT2D eigenvalue weighted by molar-refractivity contribution is -0.149. The van der Waals surface area contributed by atoms with Gasteiger partial charge in [-0.25, -0.2) is 0 Å². The SMILES string of the molecule is O=C(OC1CCSC1)C1CC1. The predicted molar refractivity (Wildman–Crippen MR) is 44.5 cm³/mol. The summed E-state index contributed by atoms with van der Waals surface area (Å²) in [5.41, 5.74) is 0. The van der Waals surface area contributed by atoms with Gasteiger partial charge in [0.25, 0.3) is 0 Å². The van der Waals surface area contributed by atoms with Crippen molar-refractivity contribution in [2.24, 2.45) is 5.92 Å². The number of esters is 1. The van der Waals surface area contributed by atoms with E-state index in [1.165, 1.54) is 0 Å². The predicted octanol–water partition coefficient (Wildman–Crippen LogP) is 1.45. The van der Waals surface area contributed by atoms with E-state index < -0.39 is 0 Å². The number of carbonyl (C=O) groups excluding carboxylic acids is 1. The van der Waals surface area contributed by atoms with Gasteiger partial charge < -0.3 is 4.74 Å². The third-order valence-corrected chi connectivity index (χ3v) is 3.21. The van der Waals surface area contributed by atoms with Crippen LogP contribution in [-0.4, -0.2) is 23.6 Å². The van der Waals surface area contributed by atoms with Crippen LogP contribution in [-0.2, 0) is 9.53 Å². The molecule has 11 heavy (non-hydrogen) atoms. The Morgan fingerprint density at radius 1 is 1.36 bits per heavy atom. The second kappa shape index (κ2) is 3.05. The summed E-state index contributed by atoms with van der Waals surface area (Å²) in [6.07, 6.45) is 3.40. The van der Waals surface area contributed by atoms with Gasteiger partial charge in [-0.15, -0.1) is 0 Å². The normalized spacial score (nSPS) is 30.4. The van der Waals surface area contributed by atoms with Gasteiger partial charge in [-0.3, -0.25) is 4.79 Å². The van der Waals surface area contributed by atoms with Gasteiger partial charge in [-0.05, 0) is 25.0 Å². The van der Waals surface area contributed by atoms with E-state index in [1.54, 1.807) is 0 Å². The molecule has 62 valence electrons. The van der Waals surface area contributed by atoms with Gasteiger partial charge in [0.1, 0.15) is 6.10 Å². The lowest BCUT2D eigenvalue weighted by Gasteiger charge is -2.09. The molecule has 1 atom stereocenters. The van der Waals surface area contributed by atoms with Crippen molar-refractivity contribution in [3.63, 3.8) is 0 Å². The summed E-state index contributed by atoms with van der Waals surface area (Å²) in [5.74, 6) is 2.49. The molecule has 2 nitrogen and oxygen atoms in total. The molecule has 0 bridgehead atoms. The van der Waals surface area contributed by atoms with Crippen LogP contribution in [0.2, 0.25) is 0 Å². The number of carbonyl (C=O) groups is 1. The lowest BCUT2D eigenvalue weighted by atomic mass is 10.3. The standard InChI is InChI=1S/C8H12O2S/c9-8(6-1-2-6)10-7-3-4-11-5-7/h6-7H,1-5H2. The van der Waals surface area contributed by atoms with E-state index in [-0.39, 0.29) is 18.0 Å². The number of ether oxygens (including phenoxy) is 1. The van der Waals surface area contributed by atoms with Crippen molar-refractivity contribution < 1.29 is 9.53 Å². The van der Waals surface area contributed by atoms with E-state index in [0.29, 0.717) is 0 Å². The summed E-state index contributed by atoms with van der Waals surface area (Å²) in [5, 5.41) is 0. The van der Waals surface area contributed by atoms with Crippen molar-refractivity contribution in [3.8, 4) is 0 Å². The van der Waals surface area contributed by atoms with Crippen LogP contribution in [0.15, 0.2) is 0 Å². The van der Waals surface area contributed by atoms with Crippen LogP contribution in [0.5, 0.6) is 0 Å². The van der Waals surface area contributed by atoms with Crippen molar-refractivity contribution >= 4 is 17.7 Å². The van der Waals surface area contributed by atoms with Crippen molar-refractivity contribution in [2.45, 2.75) is 25.4 Å². The molecule has 0 aromatic carbocycles. The van der Waals surface area contributed by atoms with Gasteiger partial charge in [0.05, 0.1) is 5.92 Å². The molecule has 1 saturated heterocycles. The third-order valence-electron chi connectivity index (χ3n) is 2.08. The topological polar surface area (TPSA) is 26.3 Å². The summed E-state index contributed by atoms with van der Waals surface area (Å²) >= 11 is 1.88. The van der Waals surface area contributed by atoms with Crippen LogP contribution in [0.25, 0.3) is 0 Å². The summed E-state index contributed by atoms with van der Waals surface area (Å²) < 4.78 is 5.28. The van der Waals surface area contributed by atoms with E-state index in [4.69, 9.17) is 4.74 Å². The van der Waals surface area contributed by atoms with E-state index >= 15 is 0 Å². The molecule has 2 aliphatic rings. The third kappa shape index (κ3) is 1.89. The Hall–Kier alpha value is -0.180. The average molecular weight is 172 g/mol. The van der Waals surface area contributed by atoms with Gasteiger partial charge in [-0.2, -0.15) is 11.8 Å². The quantitative estimate of drug-likeness (QED) is 0.590.